The van der Waals surface area contributed by atoms with Gasteiger partial charge in [-0.3, -0.25) is 0 Å². The van der Waals surface area contributed by atoms with Crippen LogP contribution in [-0.4, -0.2) is 39.0 Å². The quantitative estimate of drug-likeness (QED) is 0.0223. The lowest BCUT2D eigenvalue weighted by Crippen LogP contribution is -2.31. The SMILES string of the molecule is CCCCCCOc1ccc(/C=C/COOc2ccc3c(c2)C2(CO3)COc3ccc(OC(=O)/C=C/c4ccc(OCCCCCC)cc4)cc32)cc1. The average Bonchev–Trinajstić information content (AvgIpc) is 3.74. The van der Waals surface area contributed by atoms with Crippen LogP contribution in [0.4, 0.5) is 0 Å². The first-order chi connectivity index (χ1) is 26.1. The highest BCUT2D eigenvalue weighted by atomic mass is 17.2. The van der Waals surface area contributed by atoms with Gasteiger partial charge in [0.15, 0.2) is 5.75 Å². The highest BCUT2D eigenvalue weighted by Crippen LogP contribution is 2.52. The molecule has 0 aliphatic carbocycles. The van der Waals surface area contributed by atoms with Gasteiger partial charge in [-0.15, -0.1) is 0 Å². The molecule has 1 atom stereocenters. The molecule has 4 aromatic rings. The van der Waals surface area contributed by atoms with E-state index in [0.29, 0.717) is 31.3 Å². The van der Waals surface area contributed by atoms with Crippen LogP contribution in [0.5, 0.6) is 34.5 Å². The molecule has 6 rings (SSSR count). The Balaban J connectivity index is 1.00. The molecule has 0 N–H and O–H groups in total. The zero-order valence-electron chi connectivity index (χ0n) is 30.9. The summed E-state index contributed by atoms with van der Waals surface area (Å²) in [5, 5.41) is 0. The monoisotopic (exact) mass is 718 g/mol. The summed E-state index contributed by atoms with van der Waals surface area (Å²) in [6, 6.07) is 26.8. The minimum atomic E-state index is -0.576. The number of carbonyl (C=O) groups excluding carboxylic acids is 1. The third kappa shape index (κ3) is 10.2. The molecule has 53 heavy (non-hydrogen) atoms. The summed E-state index contributed by atoms with van der Waals surface area (Å²) in [5.41, 5.74) is 3.17. The fourth-order valence-electron chi connectivity index (χ4n) is 6.46. The first-order valence-corrected chi connectivity index (χ1v) is 18.9. The number of fused-ring (bicyclic) bond motifs is 4. The van der Waals surface area contributed by atoms with Gasteiger partial charge in [-0.2, -0.15) is 4.89 Å². The number of rotatable bonds is 20. The summed E-state index contributed by atoms with van der Waals surface area (Å²) in [7, 11) is 0. The van der Waals surface area contributed by atoms with Gasteiger partial charge >= 0.3 is 5.97 Å². The highest BCUT2D eigenvalue weighted by molar-refractivity contribution is 5.88. The molecule has 0 fully saturated rings. The standard InChI is InChI=1S/C45H50O8/c1-3-5-7-9-27-47-36-18-13-34(14-19-36)12-11-29-51-53-39-23-25-43-41(31-39)45(33-50-43)32-49-42-24-22-38(30-40(42)45)52-44(46)26-17-35-15-20-37(21-16-35)48-28-10-8-6-4-2/h11-26,30-31H,3-10,27-29,32-33H2,1-2H3/b12-11+,26-17+. The maximum absolute atomic E-state index is 12.8. The van der Waals surface area contributed by atoms with E-state index in [1.807, 2.05) is 91.0 Å². The highest BCUT2D eigenvalue weighted by Gasteiger charge is 2.49. The molecule has 8 heteroatoms. The van der Waals surface area contributed by atoms with E-state index in [9.17, 15) is 4.79 Å². The molecule has 0 saturated heterocycles. The smallest absolute Gasteiger partial charge is 0.336 e. The maximum Gasteiger partial charge on any atom is 0.336 e. The van der Waals surface area contributed by atoms with E-state index in [0.717, 1.165) is 64.7 Å². The summed E-state index contributed by atoms with van der Waals surface area (Å²) < 4.78 is 29.6. The lowest BCUT2D eigenvalue weighted by molar-refractivity contribution is -0.195. The molecule has 0 radical (unpaired) electrons. The zero-order chi connectivity index (χ0) is 36.7. The van der Waals surface area contributed by atoms with Crippen LogP contribution < -0.4 is 28.6 Å². The molecule has 2 aliphatic heterocycles. The van der Waals surface area contributed by atoms with E-state index in [-0.39, 0.29) is 6.61 Å². The number of ether oxygens (including phenoxy) is 5. The zero-order valence-corrected chi connectivity index (χ0v) is 30.9. The van der Waals surface area contributed by atoms with E-state index in [1.165, 1.54) is 44.6 Å². The fourth-order valence-corrected chi connectivity index (χ4v) is 6.46. The van der Waals surface area contributed by atoms with Crippen LogP contribution >= 0.6 is 0 Å². The van der Waals surface area contributed by atoms with Crippen LogP contribution in [-0.2, 0) is 15.1 Å². The van der Waals surface area contributed by atoms with E-state index < -0.39 is 11.4 Å². The van der Waals surface area contributed by atoms with Crippen molar-refractivity contribution >= 4 is 18.1 Å². The first kappa shape index (κ1) is 37.5. The van der Waals surface area contributed by atoms with Crippen molar-refractivity contribution in [3.8, 4) is 34.5 Å². The largest absolute Gasteiger partial charge is 0.494 e. The Morgan fingerprint density at radius 3 is 1.75 bits per heavy atom. The van der Waals surface area contributed by atoms with Gasteiger partial charge < -0.3 is 28.6 Å². The fraction of sp³-hybridized carbons (Fsp3) is 0.356. The number of carbonyl (C=O) groups is 1. The molecule has 0 aromatic heterocycles. The van der Waals surface area contributed by atoms with Gasteiger partial charge in [0.1, 0.15) is 48.6 Å². The maximum atomic E-state index is 12.8. The van der Waals surface area contributed by atoms with E-state index in [4.69, 9.17) is 33.5 Å². The van der Waals surface area contributed by atoms with Gasteiger partial charge in [-0.1, -0.05) is 88.8 Å². The van der Waals surface area contributed by atoms with Crippen molar-refractivity contribution in [3.63, 3.8) is 0 Å². The molecular formula is C45H50O8. The Labute approximate surface area is 313 Å². The van der Waals surface area contributed by atoms with Gasteiger partial charge in [0, 0.05) is 17.2 Å². The normalized spacial score (nSPS) is 15.7. The second-order valence-electron chi connectivity index (χ2n) is 13.5. The Kier molecular flexibility index (Phi) is 13.5. The molecular weight excluding hydrogens is 668 g/mol. The molecule has 0 saturated carbocycles. The van der Waals surface area contributed by atoms with Crippen LogP contribution in [0.2, 0.25) is 0 Å². The summed E-state index contributed by atoms with van der Waals surface area (Å²) in [5.74, 6) is 3.69. The van der Waals surface area contributed by atoms with Gasteiger partial charge in [0.2, 0.25) is 0 Å². The molecule has 8 nitrogen and oxygen atoms in total. The Bertz CT molecular complexity index is 1820. The number of benzene rings is 4. The van der Waals surface area contributed by atoms with Gasteiger partial charge in [-0.05, 0) is 90.7 Å². The summed E-state index contributed by atoms with van der Waals surface area (Å²) in [6.07, 6.45) is 16.4. The average molecular weight is 719 g/mol. The van der Waals surface area contributed by atoms with Crippen LogP contribution in [0.1, 0.15) is 87.5 Å². The first-order valence-electron chi connectivity index (χ1n) is 18.9. The number of hydrogen-bond donors (Lipinski definition) is 0. The second-order valence-corrected chi connectivity index (χ2v) is 13.5. The molecule has 4 aromatic carbocycles. The van der Waals surface area contributed by atoms with Crippen molar-refractivity contribution in [2.24, 2.45) is 0 Å². The molecule has 1 spiro atoms. The summed E-state index contributed by atoms with van der Waals surface area (Å²) in [4.78, 5) is 24.0. The van der Waals surface area contributed by atoms with Gasteiger partial charge in [0.05, 0.1) is 18.6 Å². The van der Waals surface area contributed by atoms with Crippen molar-refractivity contribution in [2.75, 3.05) is 33.0 Å². The summed E-state index contributed by atoms with van der Waals surface area (Å²) in [6.45, 7) is 6.90. The van der Waals surface area contributed by atoms with E-state index in [2.05, 4.69) is 13.8 Å². The number of unbranched alkanes of at least 4 members (excludes halogenated alkanes) is 6. The van der Waals surface area contributed by atoms with Crippen LogP contribution in [0.25, 0.3) is 12.2 Å². The Morgan fingerprint density at radius 2 is 1.17 bits per heavy atom. The Hall–Kier alpha value is -5.21. The van der Waals surface area contributed by atoms with Crippen molar-refractivity contribution < 1.29 is 38.3 Å². The van der Waals surface area contributed by atoms with Crippen molar-refractivity contribution in [2.45, 2.75) is 70.6 Å². The molecule has 2 heterocycles. The third-order valence-electron chi connectivity index (χ3n) is 9.43. The summed E-state index contributed by atoms with van der Waals surface area (Å²) >= 11 is 0. The third-order valence-corrected chi connectivity index (χ3v) is 9.43. The minimum Gasteiger partial charge on any atom is -0.494 e. The lowest BCUT2D eigenvalue weighted by Gasteiger charge is -2.21. The predicted molar refractivity (Wildman–Crippen MR) is 207 cm³/mol. The van der Waals surface area contributed by atoms with Crippen molar-refractivity contribution in [3.05, 3.63) is 119 Å². The molecule has 2 aliphatic rings. The number of hydrogen-bond acceptors (Lipinski definition) is 8. The van der Waals surface area contributed by atoms with Crippen LogP contribution in [0.3, 0.4) is 0 Å². The van der Waals surface area contributed by atoms with E-state index >= 15 is 0 Å². The second kappa shape index (κ2) is 19.0. The lowest BCUT2D eigenvalue weighted by atomic mass is 9.78. The van der Waals surface area contributed by atoms with Crippen LogP contribution in [0.15, 0.2) is 97.1 Å². The predicted octanol–water partition coefficient (Wildman–Crippen LogP) is 10.3. The molecule has 278 valence electrons. The van der Waals surface area contributed by atoms with E-state index in [1.54, 1.807) is 12.1 Å². The van der Waals surface area contributed by atoms with Crippen molar-refractivity contribution in [1.29, 1.82) is 0 Å². The van der Waals surface area contributed by atoms with Crippen molar-refractivity contribution in [1.82, 2.24) is 0 Å². The molecule has 1 unspecified atom stereocenters. The Morgan fingerprint density at radius 1 is 0.642 bits per heavy atom. The topological polar surface area (TPSA) is 81.7 Å². The van der Waals surface area contributed by atoms with Crippen LogP contribution in [0, 0.1) is 0 Å². The van der Waals surface area contributed by atoms with Gasteiger partial charge in [-0.25, -0.2) is 4.79 Å². The van der Waals surface area contributed by atoms with Gasteiger partial charge in [0.25, 0.3) is 0 Å². The minimum absolute atomic E-state index is 0.266. The molecule has 0 amide bonds. The molecule has 0 bridgehead atoms. The number of esters is 1.